The van der Waals surface area contributed by atoms with Crippen LogP contribution in [-0.2, 0) is 4.79 Å². The third-order valence-electron chi connectivity index (χ3n) is 3.26. The van der Waals surface area contributed by atoms with Crippen LogP contribution in [0.3, 0.4) is 0 Å². The Labute approximate surface area is 146 Å². The van der Waals surface area contributed by atoms with Gasteiger partial charge in [0, 0.05) is 16.4 Å². The Kier molecular flexibility index (Phi) is 4.97. The fraction of sp³-hybridized carbons (Fsp3) is 0.188. The quantitative estimate of drug-likeness (QED) is 0.639. The minimum atomic E-state index is -0.223. The number of thioether (sulfide) groups is 1. The van der Waals surface area contributed by atoms with Crippen molar-refractivity contribution in [3.63, 3.8) is 0 Å². The summed E-state index contributed by atoms with van der Waals surface area (Å²) < 4.78 is 0.978. The van der Waals surface area contributed by atoms with Crippen LogP contribution in [0.25, 0.3) is 11.2 Å². The van der Waals surface area contributed by atoms with Crippen molar-refractivity contribution in [1.29, 1.82) is 0 Å². The maximum absolute atomic E-state index is 12.4. The molecule has 7 heteroatoms. The maximum atomic E-state index is 12.4. The molecule has 1 amide bonds. The van der Waals surface area contributed by atoms with E-state index in [2.05, 4.69) is 36.2 Å². The topological polar surface area (TPSA) is 70.7 Å². The number of carbonyl (C=O) groups is 1. The van der Waals surface area contributed by atoms with Gasteiger partial charge in [0.15, 0.2) is 10.8 Å². The Morgan fingerprint density at radius 2 is 2.13 bits per heavy atom. The van der Waals surface area contributed by atoms with Crippen molar-refractivity contribution in [3.05, 3.63) is 47.1 Å². The molecular formula is C16H15BrN4OS. The molecule has 0 aliphatic rings. The third kappa shape index (κ3) is 3.92. The van der Waals surface area contributed by atoms with Crippen molar-refractivity contribution in [2.45, 2.75) is 23.8 Å². The Hall–Kier alpha value is -1.86. The lowest BCUT2D eigenvalue weighted by molar-refractivity contribution is -0.115. The number of nitrogens with zero attached hydrogens (tertiary/aromatic N) is 2. The molecule has 0 bridgehead atoms. The molecule has 3 aromatic rings. The predicted molar refractivity (Wildman–Crippen MR) is 96.6 cm³/mol. The van der Waals surface area contributed by atoms with Gasteiger partial charge in [-0.3, -0.25) is 4.79 Å². The number of benzene rings is 1. The summed E-state index contributed by atoms with van der Waals surface area (Å²) in [5, 5.41) is 3.42. The number of H-pyrrole nitrogens is 1. The Morgan fingerprint density at radius 1 is 1.35 bits per heavy atom. The second-order valence-electron chi connectivity index (χ2n) is 4.93. The number of aromatic nitrogens is 3. The van der Waals surface area contributed by atoms with Gasteiger partial charge in [-0.1, -0.05) is 34.6 Å². The minimum Gasteiger partial charge on any atom is -0.332 e. The zero-order valence-corrected chi connectivity index (χ0v) is 14.8. The number of fused-ring (bicyclic) bond motifs is 1. The van der Waals surface area contributed by atoms with Gasteiger partial charge in [0.05, 0.1) is 10.8 Å². The van der Waals surface area contributed by atoms with Crippen LogP contribution in [0.5, 0.6) is 0 Å². The second-order valence-corrected chi connectivity index (χ2v) is 7.03. The van der Waals surface area contributed by atoms with Gasteiger partial charge < -0.3 is 10.3 Å². The largest absolute Gasteiger partial charge is 0.332 e. The standard InChI is InChI=1S/C16H15BrN4OS/c1-2-13(15(22)19-11-7-5-10(17)6-8-11)23-16-20-12-4-3-9-18-14(12)21-16/h3-9,13H,2H2,1H3,(H,19,22)(H,18,20,21)/t13-/m1/s1. The van der Waals surface area contributed by atoms with Crippen LogP contribution in [0.4, 0.5) is 5.69 Å². The van der Waals surface area contributed by atoms with Gasteiger partial charge in [-0.25, -0.2) is 9.97 Å². The summed E-state index contributed by atoms with van der Waals surface area (Å²) in [6.07, 6.45) is 2.41. The van der Waals surface area contributed by atoms with E-state index in [1.165, 1.54) is 11.8 Å². The molecular weight excluding hydrogens is 376 g/mol. The van der Waals surface area contributed by atoms with Crippen molar-refractivity contribution in [1.82, 2.24) is 15.0 Å². The number of pyridine rings is 1. The summed E-state index contributed by atoms with van der Waals surface area (Å²) in [6, 6.07) is 11.3. The van der Waals surface area contributed by atoms with Crippen LogP contribution in [-0.4, -0.2) is 26.1 Å². The molecule has 0 spiro atoms. The van der Waals surface area contributed by atoms with E-state index in [9.17, 15) is 4.79 Å². The van der Waals surface area contributed by atoms with Crippen molar-refractivity contribution in [3.8, 4) is 0 Å². The zero-order chi connectivity index (χ0) is 16.2. The second kappa shape index (κ2) is 7.14. The summed E-state index contributed by atoms with van der Waals surface area (Å²) in [6.45, 7) is 1.99. The Morgan fingerprint density at radius 3 is 2.83 bits per heavy atom. The van der Waals surface area contributed by atoms with E-state index in [1.807, 2.05) is 43.3 Å². The lowest BCUT2D eigenvalue weighted by Crippen LogP contribution is -2.24. The molecule has 2 heterocycles. The van der Waals surface area contributed by atoms with Gasteiger partial charge in [-0.2, -0.15) is 0 Å². The van der Waals surface area contributed by atoms with Crippen molar-refractivity contribution in [2.24, 2.45) is 0 Å². The summed E-state index contributed by atoms with van der Waals surface area (Å²) in [5.41, 5.74) is 2.32. The Balaban J connectivity index is 1.71. The van der Waals surface area contributed by atoms with Crippen LogP contribution in [0, 0.1) is 0 Å². The third-order valence-corrected chi connectivity index (χ3v) is 5.04. The number of amides is 1. The van der Waals surface area contributed by atoms with Gasteiger partial charge >= 0.3 is 0 Å². The predicted octanol–water partition coefficient (Wildman–Crippen LogP) is 4.23. The summed E-state index contributed by atoms with van der Waals surface area (Å²) in [7, 11) is 0. The van der Waals surface area contributed by atoms with Crippen LogP contribution >= 0.6 is 27.7 Å². The Bertz CT molecular complexity index is 785. The van der Waals surface area contributed by atoms with E-state index in [-0.39, 0.29) is 11.2 Å². The molecule has 0 radical (unpaired) electrons. The molecule has 2 aromatic heterocycles. The summed E-state index contributed by atoms with van der Waals surface area (Å²) >= 11 is 4.80. The highest BCUT2D eigenvalue weighted by atomic mass is 79.9. The minimum absolute atomic E-state index is 0.0340. The molecule has 0 unspecified atom stereocenters. The van der Waals surface area contributed by atoms with E-state index in [0.29, 0.717) is 17.2 Å². The average molecular weight is 391 g/mol. The first-order chi connectivity index (χ1) is 11.2. The van der Waals surface area contributed by atoms with E-state index in [1.54, 1.807) is 6.20 Å². The highest BCUT2D eigenvalue weighted by Crippen LogP contribution is 2.26. The van der Waals surface area contributed by atoms with Crippen LogP contribution in [0.2, 0.25) is 0 Å². The molecule has 0 saturated heterocycles. The first kappa shape index (κ1) is 16.0. The highest BCUT2D eigenvalue weighted by Gasteiger charge is 2.20. The smallest absolute Gasteiger partial charge is 0.237 e. The molecule has 5 nitrogen and oxygen atoms in total. The van der Waals surface area contributed by atoms with E-state index in [0.717, 1.165) is 15.7 Å². The molecule has 1 atom stereocenters. The normalized spacial score (nSPS) is 12.3. The first-order valence-corrected chi connectivity index (χ1v) is 8.87. The fourth-order valence-electron chi connectivity index (χ4n) is 2.09. The van der Waals surface area contributed by atoms with Crippen LogP contribution in [0.15, 0.2) is 52.2 Å². The number of imidazole rings is 1. The number of hydrogen-bond donors (Lipinski definition) is 2. The molecule has 118 valence electrons. The molecule has 1 aromatic carbocycles. The summed E-state index contributed by atoms with van der Waals surface area (Å²) in [4.78, 5) is 24.2. The summed E-state index contributed by atoms with van der Waals surface area (Å²) in [5.74, 6) is -0.0340. The van der Waals surface area contributed by atoms with E-state index in [4.69, 9.17) is 0 Å². The van der Waals surface area contributed by atoms with Gasteiger partial charge in [-0.05, 0) is 42.8 Å². The van der Waals surface area contributed by atoms with Crippen molar-refractivity contribution >= 4 is 50.5 Å². The van der Waals surface area contributed by atoms with Crippen LogP contribution < -0.4 is 5.32 Å². The lowest BCUT2D eigenvalue weighted by atomic mass is 10.3. The number of halogens is 1. The molecule has 2 N–H and O–H groups in total. The average Bonchev–Trinajstić information content (AvgIpc) is 2.97. The first-order valence-electron chi connectivity index (χ1n) is 7.19. The number of aromatic amines is 1. The molecule has 23 heavy (non-hydrogen) atoms. The molecule has 0 aliphatic carbocycles. The molecule has 0 aliphatic heterocycles. The molecule has 0 saturated carbocycles. The maximum Gasteiger partial charge on any atom is 0.237 e. The number of nitrogens with one attached hydrogen (secondary N) is 2. The van der Waals surface area contributed by atoms with Crippen LogP contribution in [0.1, 0.15) is 13.3 Å². The SMILES string of the molecule is CC[C@@H](Sc1nc2ncccc2[nH]1)C(=O)Nc1ccc(Br)cc1. The monoisotopic (exact) mass is 390 g/mol. The van der Waals surface area contributed by atoms with E-state index >= 15 is 0 Å². The van der Waals surface area contributed by atoms with Gasteiger partial charge in [-0.15, -0.1) is 0 Å². The van der Waals surface area contributed by atoms with Crippen molar-refractivity contribution < 1.29 is 4.79 Å². The number of rotatable bonds is 5. The lowest BCUT2D eigenvalue weighted by Gasteiger charge is -2.13. The van der Waals surface area contributed by atoms with E-state index < -0.39 is 0 Å². The zero-order valence-electron chi connectivity index (χ0n) is 12.4. The number of carbonyl (C=O) groups excluding carboxylic acids is 1. The molecule has 3 rings (SSSR count). The number of anilines is 1. The van der Waals surface area contributed by atoms with Gasteiger partial charge in [0.2, 0.25) is 5.91 Å². The van der Waals surface area contributed by atoms with Crippen molar-refractivity contribution in [2.75, 3.05) is 5.32 Å². The van der Waals surface area contributed by atoms with Gasteiger partial charge in [0.25, 0.3) is 0 Å². The highest BCUT2D eigenvalue weighted by molar-refractivity contribution is 9.10. The van der Waals surface area contributed by atoms with Gasteiger partial charge in [0.1, 0.15) is 0 Å². The fourth-order valence-corrected chi connectivity index (χ4v) is 3.27. The number of hydrogen-bond acceptors (Lipinski definition) is 4. The molecule has 0 fully saturated rings.